The minimum atomic E-state index is -0.0614. The lowest BCUT2D eigenvalue weighted by molar-refractivity contribution is -0.130. The number of carbonyl (C=O) groups excluding carboxylic acids is 2. The van der Waals surface area contributed by atoms with Gasteiger partial charge in [0, 0.05) is 24.7 Å². The fraction of sp³-hybridized carbons (Fsp3) is 0.467. The Morgan fingerprint density at radius 1 is 1.32 bits per heavy atom. The van der Waals surface area contributed by atoms with Crippen molar-refractivity contribution in [1.29, 1.82) is 0 Å². The molecule has 0 radical (unpaired) electrons. The molecule has 1 saturated heterocycles. The average molecular weight is 261 g/mol. The third kappa shape index (κ3) is 3.64. The van der Waals surface area contributed by atoms with Crippen molar-refractivity contribution >= 4 is 11.7 Å². The molecule has 1 aliphatic rings. The Hall–Kier alpha value is -1.68. The van der Waals surface area contributed by atoms with Gasteiger partial charge in [0.25, 0.3) is 0 Å². The summed E-state index contributed by atoms with van der Waals surface area (Å²) < 4.78 is 5.31. The molecule has 1 N–H and O–H groups in total. The van der Waals surface area contributed by atoms with Gasteiger partial charge in [-0.1, -0.05) is 37.3 Å². The van der Waals surface area contributed by atoms with E-state index in [0.29, 0.717) is 18.8 Å². The van der Waals surface area contributed by atoms with Gasteiger partial charge in [-0.05, 0) is 12.3 Å². The number of hydrogen-bond donors (Lipinski definition) is 1. The lowest BCUT2D eigenvalue weighted by Gasteiger charge is -2.27. The summed E-state index contributed by atoms with van der Waals surface area (Å²) in [5.41, 5.74) is 0.628. The molecular weight excluding hydrogens is 242 g/mol. The van der Waals surface area contributed by atoms with Crippen molar-refractivity contribution in [1.82, 2.24) is 5.32 Å². The summed E-state index contributed by atoms with van der Waals surface area (Å²) in [7, 11) is 0. The molecule has 2 unspecified atom stereocenters. The number of benzene rings is 1. The van der Waals surface area contributed by atoms with Gasteiger partial charge in [-0.15, -0.1) is 0 Å². The molecule has 19 heavy (non-hydrogen) atoms. The van der Waals surface area contributed by atoms with Crippen molar-refractivity contribution in [3.05, 3.63) is 35.9 Å². The van der Waals surface area contributed by atoms with Crippen LogP contribution in [0, 0.1) is 11.8 Å². The van der Waals surface area contributed by atoms with Crippen LogP contribution in [0.1, 0.15) is 23.7 Å². The van der Waals surface area contributed by atoms with E-state index in [4.69, 9.17) is 4.74 Å². The van der Waals surface area contributed by atoms with E-state index < -0.39 is 0 Å². The normalized spacial score (nSPS) is 22.8. The van der Waals surface area contributed by atoms with E-state index in [1.54, 1.807) is 12.1 Å². The fourth-order valence-electron chi connectivity index (χ4n) is 2.29. The van der Waals surface area contributed by atoms with Crippen LogP contribution in [0.5, 0.6) is 0 Å². The summed E-state index contributed by atoms with van der Waals surface area (Å²) in [6.07, 6.45) is 0.729. The predicted molar refractivity (Wildman–Crippen MR) is 71.9 cm³/mol. The van der Waals surface area contributed by atoms with Crippen LogP contribution in [0.3, 0.4) is 0 Å². The van der Waals surface area contributed by atoms with Crippen molar-refractivity contribution in [2.45, 2.75) is 13.3 Å². The van der Waals surface area contributed by atoms with E-state index in [2.05, 4.69) is 5.32 Å². The number of Topliss-reactive ketones (excluding diaryl/α,β-unsaturated/α-hetero) is 1. The Labute approximate surface area is 113 Å². The van der Waals surface area contributed by atoms with Gasteiger partial charge in [0.2, 0.25) is 5.91 Å². The fourth-order valence-corrected chi connectivity index (χ4v) is 2.29. The van der Waals surface area contributed by atoms with Crippen LogP contribution < -0.4 is 5.32 Å². The zero-order chi connectivity index (χ0) is 13.7. The molecule has 0 saturated carbocycles. The molecule has 4 heteroatoms. The number of nitrogens with one attached hydrogen (secondary N) is 1. The first kappa shape index (κ1) is 13.7. The monoisotopic (exact) mass is 261 g/mol. The van der Waals surface area contributed by atoms with Gasteiger partial charge in [0.15, 0.2) is 5.78 Å². The second-order valence-electron chi connectivity index (χ2n) is 4.95. The Morgan fingerprint density at radius 2 is 2.05 bits per heavy atom. The summed E-state index contributed by atoms with van der Waals surface area (Å²) in [6, 6.07) is 9.00. The molecule has 1 aromatic carbocycles. The van der Waals surface area contributed by atoms with Crippen molar-refractivity contribution in [3.8, 4) is 0 Å². The molecule has 2 rings (SSSR count). The third-order valence-electron chi connectivity index (χ3n) is 3.50. The highest BCUT2D eigenvalue weighted by atomic mass is 16.5. The number of amides is 1. The van der Waals surface area contributed by atoms with Crippen LogP contribution in [0.4, 0.5) is 0 Å². The highest BCUT2D eigenvalue weighted by molar-refractivity contribution is 5.99. The van der Waals surface area contributed by atoms with Gasteiger partial charge < -0.3 is 10.1 Å². The molecule has 0 bridgehead atoms. The lowest BCUT2D eigenvalue weighted by atomic mass is 9.89. The average Bonchev–Trinajstić information content (AvgIpc) is 2.46. The molecule has 4 nitrogen and oxygen atoms in total. The molecule has 1 amide bonds. The smallest absolute Gasteiger partial charge is 0.223 e. The predicted octanol–water partition coefficient (Wildman–Crippen LogP) is 1.66. The van der Waals surface area contributed by atoms with E-state index in [-0.39, 0.29) is 30.1 Å². The zero-order valence-corrected chi connectivity index (χ0v) is 11.1. The van der Waals surface area contributed by atoms with Gasteiger partial charge in [-0.2, -0.15) is 0 Å². The quantitative estimate of drug-likeness (QED) is 0.839. The Morgan fingerprint density at radius 3 is 2.74 bits per heavy atom. The molecule has 1 aromatic rings. The van der Waals surface area contributed by atoms with E-state index in [1.165, 1.54) is 0 Å². The SMILES string of the molecule is CC1COCCC1C(=O)NCC(=O)c1ccccc1. The van der Waals surface area contributed by atoms with Crippen LogP contribution in [0.15, 0.2) is 30.3 Å². The standard InChI is InChI=1S/C15H19NO3/c1-11-10-19-8-7-13(11)15(18)16-9-14(17)12-5-3-2-4-6-12/h2-6,11,13H,7-10H2,1H3,(H,16,18). The number of ketones is 1. The Bertz CT molecular complexity index is 444. The molecule has 1 aliphatic heterocycles. The largest absolute Gasteiger partial charge is 0.381 e. The van der Waals surface area contributed by atoms with E-state index in [9.17, 15) is 9.59 Å². The molecule has 2 atom stereocenters. The van der Waals surface area contributed by atoms with Crippen molar-refractivity contribution in [2.24, 2.45) is 11.8 Å². The van der Waals surface area contributed by atoms with Crippen LogP contribution in [0.25, 0.3) is 0 Å². The van der Waals surface area contributed by atoms with E-state index >= 15 is 0 Å². The number of hydrogen-bond acceptors (Lipinski definition) is 3. The number of rotatable bonds is 4. The molecule has 102 valence electrons. The molecule has 1 fully saturated rings. The lowest BCUT2D eigenvalue weighted by Crippen LogP contribution is -2.40. The van der Waals surface area contributed by atoms with Crippen LogP contribution in [-0.4, -0.2) is 31.4 Å². The van der Waals surface area contributed by atoms with Gasteiger partial charge in [-0.25, -0.2) is 0 Å². The van der Waals surface area contributed by atoms with Crippen LogP contribution in [0.2, 0.25) is 0 Å². The zero-order valence-electron chi connectivity index (χ0n) is 11.1. The van der Waals surface area contributed by atoms with Crippen molar-refractivity contribution in [3.63, 3.8) is 0 Å². The maximum Gasteiger partial charge on any atom is 0.223 e. The number of ether oxygens (including phenoxy) is 1. The highest BCUT2D eigenvalue weighted by Crippen LogP contribution is 2.21. The van der Waals surface area contributed by atoms with Crippen LogP contribution in [-0.2, 0) is 9.53 Å². The topological polar surface area (TPSA) is 55.4 Å². The Kier molecular flexibility index (Phi) is 4.68. The maximum atomic E-state index is 12.0. The molecule has 0 aromatic heterocycles. The third-order valence-corrected chi connectivity index (χ3v) is 3.50. The minimum absolute atomic E-state index is 0.0416. The second kappa shape index (κ2) is 6.48. The van der Waals surface area contributed by atoms with Crippen molar-refractivity contribution in [2.75, 3.05) is 19.8 Å². The maximum absolute atomic E-state index is 12.0. The van der Waals surface area contributed by atoms with Crippen LogP contribution >= 0.6 is 0 Å². The van der Waals surface area contributed by atoms with Gasteiger partial charge >= 0.3 is 0 Å². The van der Waals surface area contributed by atoms with Crippen molar-refractivity contribution < 1.29 is 14.3 Å². The molecule has 0 aliphatic carbocycles. The molecular formula is C15H19NO3. The number of carbonyl (C=O) groups is 2. The summed E-state index contributed by atoms with van der Waals surface area (Å²) in [5, 5.41) is 2.74. The summed E-state index contributed by atoms with van der Waals surface area (Å²) >= 11 is 0. The van der Waals surface area contributed by atoms with Gasteiger partial charge in [-0.3, -0.25) is 9.59 Å². The summed E-state index contributed by atoms with van der Waals surface area (Å²) in [5.74, 6) is 0.0617. The summed E-state index contributed by atoms with van der Waals surface area (Å²) in [4.78, 5) is 23.9. The van der Waals surface area contributed by atoms with E-state index in [1.807, 2.05) is 25.1 Å². The first-order valence-electron chi connectivity index (χ1n) is 6.62. The molecule has 0 spiro atoms. The summed E-state index contributed by atoms with van der Waals surface area (Å²) in [6.45, 7) is 3.30. The Balaban J connectivity index is 1.85. The van der Waals surface area contributed by atoms with Gasteiger partial charge in [0.1, 0.15) is 0 Å². The highest BCUT2D eigenvalue weighted by Gasteiger charge is 2.28. The minimum Gasteiger partial charge on any atom is -0.381 e. The first-order valence-corrected chi connectivity index (χ1v) is 6.62. The molecule has 1 heterocycles. The first-order chi connectivity index (χ1) is 9.18. The van der Waals surface area contributed by atoms with Gasteiger partial charge in [0.05, 0.1) is 6.54 Å². The second-order valence-corrected chi connectivity index (χ2v) is 4.95. The van der Waals surface area contributed by atoms with E-state index in [0.717, 1.165) is 6.42 Å².